The molecule has 30 heavy (non-hydrogen) atoms. The minimum absolute atomic E-state index is 0.0702. The quantitative estimate of drug-likeness (QED) is 0.567. The summed E-state index contributed by atoms with van der Waals surface area (Å²) in [6.07, 6.45) is 1.79. The summed E-state index contributed by atoms with van der Waals surface area (Å²) in [6.45, 7) is 11.9. The molecule has 0 saturated heterocycles. The van der Waals surface area contributed by atoms with Gasteiger partial charge in [0.1, 0.15) is 4.83 Å². The largest absolute Gasteiger partial charge is 0.352 e. The Morgan fingerprint density at radius 3 is 2.57 bits per heavy atom. The molecule has 3 aromatic rings. The monoisotopic (exact) mass is 426 g/mol. The summed E-state index contributed by atoms with van der Waals surface area (Å²) < 4.78 is 1.54. The molecular formula is C23H30N4O2S. The molecular weight excluding hydrogens is 396 g/mol. The van der Waals surface area contributed by atoms with Crippen LogP contribution in [0.2, 0.25) is 0 Å². The Labute approximate surface area is 181 Å². The number of nitrogens with one attached hydrogen (secondary N) is 1. The second-order valence-corrected chi connectivity index (χ2v) is 8.67. The molecule has 6 nitrogen and oxygen atoms in total. The van der Waals surface area contributed by atoms with Gasteiger partial charge in [-0.25, -0.2) is 4.98 Å². The van der Waals surface area contributed by atoms with Crippen LogP contribution in [-0.4, -0.2) is 33.4 Å². The summed E-state index contributed by atoms with van der Waals surface area (Å²) >= 11 is 1.53. The predicted octanol–water partition coefficient (Wildman–Crippen LogP) is 3.62. The minimum atomic E-state index is -0.0714. The van der Waals surface area contributed by atoms with Crippen molar-refractivity contribution >= 4 is 27.5 Å². The van der Waals surface area contributed by atoms with Crippen LogP contribution in [0.25, 0.3) is 10.2 Å². The van der Waals surface area contributed by atoms with Gasteiger partial charge in [0.25, 0.3) is 5.56 Å². The van der Waals surface area contributed by atoms with Crippen molar-refractivity contribution in [1.29, 1.82) is 0 Å². The van der Waals surface area contributed by atoms with Gasteiger partial charge in [-0.05, 0) is 43.6 Å². The molecule has 0 aliphatic rings. The Balaban J connectivity index is 1.61. The summed E-state index contributed by atoms with van der Waals surface area (Å²) in [4.78, 5) is 33.8. The van der Waals surface area contributed by atoms with Crippen molar-refractivity contribution in [2.45, 2.75) is 53.8 Å². The molecule has 0 spiro atoms. The van der Waals surface area contributed by atoms with Crippen molar-refractivity contribution < 1.29 is 4.79 Å². The molecule has 0 fully saturated rings. The molecule has 1 amide bonds. The zero-order valence-corrected chi connectivity index (χ0v) is 19.0. The van der Waals surface area contributed by atoms with Gasteiger partial charge >= 0.3 is 0 Å². The third-order valence-corrected chi connectivity index (χ3v) is 6.73. The van der Waals surface area contributed by atoms with Gasteiger partial charge in [0.15, 0.2) is 0 Å². The topological polar surface area (TPSA) is 67.2 Å². The molecule has 1 N–H and O–H groups in total. The highest BCUT2D eigenvalue weighted by Crippen LogP contribution is 2.25. The van der Waals surface area contributed by atoms with Crippen LogP contribution in [0.5, 0.6) is 0 Å². The van der Waals surface area contributed by atoms with Crippen LogP contribution in [0.3, 0.4) is 0 Å². The number of carbonyl (C=O) groups excluding carboxylic acids is 1. The van der Waals surface area contributed by atoms with Crippen molar-refractivity contribution in [3.05, 3.63) is 62.5 Å². The summed E-state index contributed by atoms with van der Waals surface area (Å²) in [5.41, 5.74) is 3.27. The molecule has 0 saturated carbocycles. The van der Waals surface area contributed by atoms with E-state index >= 15 is 0 Å². The number of amides is 1. The highest BCUT2D eigenvalue weighted by Gasteiger charge is 2.13. The summed E-state index contributed by atoms with van der Waals surface area (Å²) in [7, 11) is 0. The van der Waals surface area contributed by atoms with Crippen molar-refractivity contribution in [1.82, 2.24) is 19.8 Å². The van der Waals surface area contributed by atoms with E-state index in [1.54, 1.807) is 6.33 Å². The maximum Gasteiger partial charge on any atom is 0.262 e. The molecule has 3 rings (SSSR count). The van der Waals surface area contributed by atoms with Gasteiger partial charge < -0.3 is 5.32 Å². The standard InChI is InChI=1S/C23H30N4O2S/c1-5-26(6-2)14-19-10-8-7-9-18(19)13-24-20(28)11-12-27-15-25-22-21(23(27)29)16(3)17(4)30-22/h7-10,15H,5-6,11-14H2,1-4H3,(H,24,28). The zero-order chi connectivity index (χ0) is 21.7. The number of rotatable bonds is 9. The fourth-order valence-electron chi connectivity index (χ4n) is 3.51. The van der Waals surface area contributed by atoms with E-state index in [4.69, 9.17) is 0 Å². The highest BCUT2D eigenvalue weighted by molar-refractivity contribution is 7.18. The predicted molar refractivity (Wildman–Crippen MR) is 123 cm³/mol. The third-order valence-electron chi connectivity index (χ3n) is 5.62. The molecule has 1 aromatic carbocycles. The SMILES string of the molecule is CCN(CC)Cc1ccccc1CNC(=O)CCn1cnc2sc(C)c(C)c2c1=O. The van der Waals surface area contributed by atoms with Crippen molar-refractivity contribution in [2.24, 2.45) is 0 Å². The first kappa shape index (κ1) is 22.2. The lowest BCUT2D eigenvalue weighted by atomic mass is 10.1. The molecule has 0 aliphatic carbocycles. The van der Waals surface area contributed by atoms with Gasteiger partial charge in [0, 0.05) is 30.9 Å². The van der Waals surface area contributed by atoms with Gasteiger partial charge in [0.2, 0.25) is 5.91 Å². The second-order valence-electron chi connectivity index (χ2n) is 7.46. The van der Waals surface area contributed by atoms with E-state index in [1.165, 1.54) is 21.5 Å². The van der Waals surface area contributed by atoms with Crippen LogP contribution >= 0.6 is 11.3 Å². The normalized spacial score (nSPS) is 11.4. The van der Waals surface area contributed by atoms with Crippen LogP contribution in [0.4, 0.5) is 0 Å². The number of carbonyl (C=O) groups is 1. The average Bonchev–Trinajstić information content (AvgIpc) is 3.05. The fourth-order valence-corrected chi connectivity index (χ4v) is 4.49. The molecule has 2 aromatic heterocycles. The van der Waals surface area contributed by atoms with Crippen LogP contribution < -0.4 is 10.9 Å². The minimum Gasteiger partial charge on any atom is -0.352 e. The molecule has 7 heteroatoms. The van der Waals surface area contributed by atoms with Crippen molar-refractivity contribution in [3.8, 4) is 0 Å². The number of aromatic nitrogens is 2. The van der Waals surface area contributed by atoms with Gasteiger partial charge in [-0.15, -0.1) is 11.3 Å². The lowest BCUT2D eigenvalue weighted by Gasteiger charge is -2.20. The Morgan fingerprint density at radius 2 is 1.87 bits per heavy atom. The Hall–Kier alpha value is -2.51. The Kier molecular flexibility index (Phi) is 7.39. The van der Waals surface area contributed by atoms with Gasteiger partial charge in [-0.3, -0.25) is 19.1 Å². The fraction of sp³-hybridized carbons (Fsp3) is 0.435. The number of hydrogen-bond acceptors (Lipinski definition) is 5. The van der Waals surface area contributed by atoms with Gasteiger partial charge in [-0.2, -0.15) is 0 Å². The van der Waals surface area contributed by atoms with E-state index in [9.17, 15) is 9.59 Å². The number of nitrogens with zero attached hydrogens (tertiary/aromatic N) is 3. The average molecular weight is 427 g/mol. The van der Waals surface area contributed by atoms with E-state index in [0.29, 0.717) is 18.5 Å². The second kappa shape index (κ2) is 10.00. The van der Waals surface area contributed by atoms with E-state index < -0.39 is 0 Å². The number of thiophene rings is 1. The first-order valence-electron chi connectivity index (χ1n) is 10.5. The van der Waals surface area contributed by atoms with E-state index in [0.717, 1.165) is 40.5 Å². The number of benzene rings is 1. The van der Waals surface area contributed by atoms with Crippen molar-refractivity contribution in [3.63, 3.8) is 0 Å². The maximum absolute atomic E-state index is 12.8. The molecule has 0 radical (unpaired) electrons. The van der Waals surface area contributed by atoms with Crippen molar-refractivity contribution in [2.75, 3.05) is 13.1 Å². The van der Waals surface area contributed by atoms with E-state index in [2.05, 4.69) is 41.2 Å². The maximum atomic E-state index is 12.8. The lowest BCUT2D eigenvalue weighted by Crippen LogP contribution is -2.28. The van der Waals surface area contributed by atoms with E-state index in [-0.39, 0.29) is 17.9 Å². The van der Waals surface area contributed by atoms with Crippen LogP contribution in [0.15, 0.2) is 35.4 Å². The lowest BCUT2D eigenvalue weighted by molar-refractivity contribution is -0.121. The molecule has 0 unspecified atom stereocenters. The summed E-state index contributed by atoms with van der Waals surface area (Å²) in [6, 6.07) is 8.21. The number of hydrogen-bond donors (Lipinski definition) is 1. The molecule has 0 bridgehead atoms. The van der Waals surface area contributed by atoms with E-state index in [1.807, 2.05) is 26.0 Å². The number of aryl methyl sites for hydroxylation is 3. The molecule has 2 heterocycles. The molecule has 0 atom stereocenters. The zero-order valence-electron chi connectivity index (χ0n) is 18.2. The summed E-state index contributed by atoms with van der Waals surface area (Å²) in [5.74, 6) is -0.0714. The Bertz CT molecular complexity index is 1080. The van der Waals surface area contributed by atoms with Crippen LogP contribution in [0.1, 0.15) is 41.8 Å². The molecule has 160 valence electrons. The summed E-state index contributed by atoms with van der Waals surface area (Å²) in [5, 5.41) is 3.67. The van der Waals surface area contributed by atoms with Gasteiger partial charge in [-0.1, -0.05) is 38.1 Å². The third kappa shape index (κ3) is 4.96. The smallest absolute Gasteiger partial charge is 0.262 e. The number of fused-ring (bicyclic) bond motifs is 1. The van der Waals surface area contributed by atoms with Crippen LogP contribution in [-0.2, 0) is 24.4 Å². The first-order valence-corrected chi connectivity index (χ1v) is 11.3. The van der Waals surface area contributed by atoms with Crippen LogP contribution in [0, 0.1) is 13.8 Å². The van der Waals surface area contributed by atoms with Gasteiger partial charge in [0.05, 0.1) is 11.7 Å². The Morgan fingerprint density at radius 1 is 1.17 bits per heavy atom. The highest BCUT2D eigenvalue weighted by atomic mass is 32.1. The molecule has 0 aliphatic heterocycles. The first-order chi connectivity index (χ1) is 14.4.